The first-order valence-corrected chi connectivity index (χ1v) is 10.1. The van der Waals surface area contributed by atoms with Crippen LogP contribution in [0.5, 0.6) is 6.01 Å². The minimum Gasteiger partial charge on any atom is -0.481 e. The summed E-state index contributed by atoms with van der Waals surface area (Å²) in [5.41, 5.74) is 3.21. The molecule has 0 aliphatic carbocycles. The number of ether oxygens (including phenoxy) is 1. The second kappa shape index (κ2) is 10.5. The van der Waals surface area contributed by atoms with Gasteiger partial charge in [-0.05, 0) is 55.7 Å². The van der Waals surface area contributed by atoms with Crippen molar-refractivity contribution in [2.45, 2.75) is 50.9 Å². The molecule has 7 heteroatoms. The third-order valence-corrected chi connectivity index (χ3v) is 5.03. The molecule has 2 aromatic heterocycles. The number of rotatable bonds is 10. The van der Waals surface area contributed by atoms with Crippen LogP contribution in [-0.4, -0.2) is 39.7 Å². The van der Waals surface area contributed by atoms with E-state index in [0.29, 0.717) is 0 Å². The van der Waals surface area contributed by atoms with Crippen LogP contribution in [0.25, 0.3) is 0 Å². The molecule has 0 bridgehead atoms. The molecule has 29 heavy (non-hydrogen) atoms. The molecule has 1 atom stereocenters. The first-order chi connectivity index (χ1) is 14.2. The van der Waals surface area contributed by atoms with Crippen molar-refractivity contribution in [2.75, 3.05) is 19.0 Å². The number of hydrogen-bond donors (Lipinski definition) is 2. The number of carbonyl (C=O) groups is 1. The summed E-state index contributed by atoms with van der Waals surface area (Å²) in [5.74, 6) is -0.0405. The number of unbranched alkanes of at least 4 members (excludes halogenated alkanes) is 2. The third-order valence-electron chi connectivity index (χ3n) is 5.03. The van der Waals surface area contributed by atoms with Gasteiger partial charge in [-0.3, -0.25) is 4.79 Å². The molecule has 0 amide bonds. The molecule has 0 aromatic carbocycles. The number of allylic oxidation sites excluding steroid dienone is 2. The monoisotopic (exact) mass is 396 g/mol. The predicted octanol–water partition coefficient (Wildman–Crippen LogP) is 3.77. The van der Waals surface area contributed by atoms with E-state index >= 15 is 0 Å². The van der Waals surface area contributed by atoms with Gasteiger partial charge in [0.15, 0.2) is 0 Å². The van der Waals surface area contributed by atoms with Crippen LogP contribution in [0, 0.1) is 0 Å². The molecule has 1 aliphatic heterocycles. The highest BCUT2D eigenvalue weighted by atomic mass is 16.5. The van der Waals surface area contributed by atoms with Crippen molar-refractivity contribution < 1.29 is 14.6 Å². The fourth-order valence-corrected chi connectivity index (χ4v) is 3.45. The Kier molecular flexibility index (Phi) is 7.55. The van der Waals surface area contributed by atoms with Crippen molar-refractivity contribution >= 4 is 11.8 Å². The smallest absolute Gasteiger partial charge is 0.316 e. The molecule has 1 aliphatic rings. The van der Waals surface area contributed by atoms with Crippen LogP contribution in [0.2, 0.25) is 0 Å². The number of nitrogens with zero attached hydrogens (tertiary/aromatic N) is 3. The molecular weight excluding hydrogens is 368 g/mol. The number of carboxylic acids is 1. The molecule has 0 saturated heterocycles. The van der Waals surface area contributed by atoms with Gasteiger partial charge in [-0.25, -0.2) is 15.0 Å². The summed E-state index contributed by atoms with van der Waals surface area (Å²) in [4.78, 5) is 24.1. The Morgan fingerprint density at radius 2 is 2.14 bits per heavy atom. The molecule has 7 nitrogen and oxygen atoms in total. The number of nitrogens with one attached hydrogen (secondary N) is 1. The minimum atomic E-state index is -0.845. The lowest BCUT2D eigenvalue weighted by Gasteiger charge is -2.17. The zero-order valence-electron chi connectivity index (χ0n) is 16.8. The number of anilines is 1. The summed E-state index contributed by atoms with van der Waals surface area (Å²) in [7, 11) is 1.50. The van der Waals surface area contributed by atoms with Crippen LogP contribution >= 0.6 is 0 Å². The van der Waals surface area contributed by atoms with Crippen LogP contribution in [0.4, 0.5) is 5.82 Å². The van der Waals surface area contributed by atoms with Crippen LogP contribution in [0.3, 0.4) is 0 Å². The van der Waals surface area contributed by atoms with E-state index in [1.165, 1.54) is 19.1 Å². The lowest BCUT2D eigenvalue weighted by Crippen LogP contribution is -2.13. The molecule has 0 fully saturated rings. The number of aromatic nitrogens is 3. The van der Waals surface area contributed by atoms with Gasteiger partial charge in [-0.15, -0.1) is 0 Å². The number of carboxylic acid groups (broad SMARTS) is 1. The molecule has 3 rings (SSSR count). The fraction of sp³-hybridized carbons (Fsp3) is 0.455. The number of fused-ring (bicyclic) bond motifs is 1. The number of pyridine rings is 1. The lowest BCUT2D eigenvalue weighted by molar-refractivity contribution is -0.137. The van der Waals surface area contributed by atoms with Crippen LogP contribution < -0.4 is 10.1 Å². The lowest BCUT2D eigenvalue weighted by atomic mass is 9.97. The maximum absolute atomic E-state index is 11.2. The van der Waals surface area contributed by atoms with Gasteiger partial charge < -0.3 is 15.2 Å². The number of aryl methyl sites for hydroxylation is 2. The van der Waals surface area contributed by atoms with Crippen LogP contribution in [0.15, 0.2) is 36.7 Å². The van der Waals surface area contributed by atoms with E-state index in [4.69, 9.17) is 9.72 Å². The number of aliphatic carboxylic acids is 1. The zero-order chi connectivity index (χ0) is 20.5. The highest BCUT2D eigenvalue weighted by molar-refractivity contribution is 5.68. The Hall–Kier alpha value is -2.96. The molecule has 0 saturated carbocycles. The van der Waals surface area contributed by atoms with Crippen molar-refractivity contribution in [3.63, 3.8) is 0 Å². The molecule has 0 unspecified atom stereocenters. The predicted molar refractivity (Wildman–Crippen MR) is 111 cm³/mol. The van der Waals surface area contributed by atoms with Crippen molar-refractivity contribution in [3.05, 3.63) is 53.5 Å². The first kappa shape index (κ1) is 20.8. The highest BCUT2D eigenvalue weighted by Gasteiger charge is 2.14. The average Bonchev–Trinajstić information content (AvgIpc) is 2.75. The van der Waals surface area contributed by atoms with Crippen LogP contribution in [0.1, 0.15) is 54.8 Å². The van der Waals surface area contributed by atoms with E-state index < -0.39 is 5.97 Å². The summed E-state index contributed by atoms with van der Waals surface area (Å²) < 4.78 is 4.96. The quantitative estimate of drug-likeness (QED) is 0.466. The van der Waals surface area contributed by atoms with Crippen molar-refractivity contribution in [1.82, 2.24) is 15.0 Å². The highest BCUT2D eigenvalue weighted by Crippen LogP contribution is 2.22. The average molecular weight is 396 g/mol. The molecule has 2 N–H and O–H groups in total. The molecule has 0 spiro atoms. The Morgan fingerprint density at radius 3 is 2.90 bits per heavy atom. The topological polar surface area (TPSA) is 97.2 Å². The standard InChI is InChI=1S/C22H28N4O3/c1-29-22-24-14-18(15-25-22)17(13-20(27)28)7-4-2-3-5-9-19-11-10-16-8-6-12-23-21(16)26-19/h4,7,10-11,14-15,17H,2-3,5-6,8-9,12-13H2,1H3,(H,23,26)(H,27,28)/b7-4+/t17-/m1/s1. The van der Waals surface area contributed by atoms with Gasteiger partial charge >= 0.3 is 12.0 Å². The fourth-order valence-electron chi connectivity index (χ4n) is 3.45. The summed E-state index contributed by atoms with van der Waals surface area (Å²) in [6.45, 7) is 1.00. The summed E-state index contributed by atoms with van der Waals surface area (Å²) in [5, 5.41) is 12.6. The van der Waals surface area contributed by atoms with E-state index in [-0.39, 0.29) is 18.3 Å². The first-order valence-electron chi connectivity index (χ1n) is 10.1. The Bertz CT molecular complexity index is 836. The van der Waals surface area contributed by atoms with Gasteiger partial charge in [0.2, 0.25) is 0 Å². The molecule has 0 radical (unpaired) electrons. The van der Waals surface area contributed by atoms with Gasteiger partial charge in [0.05, 0.1) is 13.5 Å². The van der Waals surface area contributed by atoms with Gasteiger partial charge in [0.1, 0.15) is 5.82 Å². The largest absolute Gasteiger partial charge is 0.481 e. The van der Waals surface area contributed by atoms with Gasteiger partial charge in [0.25, 0.3) is 0 Å². The van der Waals surface area contributed by atoms with E-state index in [9.17, 15) is 9.90 Å². The minimum absolute atomic E-state index is 0.0121. The Labute approximate surface area is 171 Å². The van der Waals surface area contributed by atoms with E-state index in [1.54, 1.807) is 12.4 Å². The van der Waals surface area contributed by atoms with Crippen molar-refractivity contribution in [1.29, 1.82) is 0 Å². The van der Waals surface area contributed by atoms with E-state index in [1.807, 2.05) is 6.08 Å². The maximum Gasteiger partial charge on any atom is 0.316 e. The van der Waals surface area contributed by atoms with E-state index in [0.717, 1.165) is 55.7 Å². The third kappa shape index (κ3) is 6.27. The molecule has 154 valence electrons. The van der Waals surface area contributed by atoms with Gasteiger partial charge in [0, 0.05) is 30.6 Å². The van der Waals surface area contributed by atoms with Crippen molar-refractivity contribution in [3.8, 4) is 6.01 Å². The summed E-state index contributed by atoms with van der Waals surface area (Å²) in [6, 6.07) is 4.60. The Balaban J connectivity index is 1.47. The van der Waals surface area contributed by atoms with E-state index in [2.05, 4.69) is 33.5 Å². The normalized spacial score (nSPS) is 14.2. The molecular formula is C22H28N4O3. The maximum atomic E-state index is 11.2. The summed E-state index contributed by atoms with van der Waals surface area (Å²) in [6.07, 6.45) is 13.5. The summed E-state index contributed by atoms with van der Waals surface area (Å²) >= 11 is 0. The van der Waals surface area contributed by atoms with Gasteiger partial charge in [-0.1, -0.05) is 18.2 Å². The molecule has 3 heterocycles. The second-order valence-corrected chi connectivity index (χ2v) is 7.22. The SMILES string of the molecule is COc1ncc([C@H](/C=C/CCCCc2ccc3c(n2)NCCC3)CC(=O)O)cn1. The Morgan fingerprint density at radius 1 is 1.31 bits per heavy atom. The van der Waals surface area contributed by atoms with Gasteiger partial charge in [-0.2, -0.15) is 0 Å². The van der Waals surface area contributed by atoms with Crippen LogP contribution in [-0.2, 0) is 17.6 Å². The molecule has 2 aromatic rings. The number of methoxy groups -OCH3 is 1. The zero-order valence-corrected chi connectivity index (χ0v) is 16.8. The number of hydrogen-bond acceptors (Lipinski definition) is 6. The second-order valence-electron chi connectivity index (χ2n) is 7.22. The van der Waals surface area contributed by atoms with Crippen molar-refractivity contribution in [2.24, 2.45) is 0 Å².